The van der Waals surface area contributed by atoms with E-state index in [4.69, 9.17) is 0 Å². The van der Waals surface area contributed by atoms with Gasteiger partial charge in [-0.3, -0.25) is 9.48 Å². The first-order valence-corrected chi connectivity index (χ1v) is 6.20. The van der Waals surface area contributed by atoms with Crippen molar-refractivity contribution in [2.45, 2.75) is 6.92 Å². The van der Waals surface area contributed by atoms with Crippen molar-refractivity contribution in [2.24, 2.45) is 7.05 Å². The summed E-state index contributed by atoms with van der Waals surface area (Å²) in [4.78, 5) is 11.9. The minimum Gasteiger partial charge on any atom is -0.322 e. The Bertz CT molecular complexity index is 563. The van der Waals surface area contributed by atoms with Crippen LogP contribution >= 0.6 is 22.6 Å². The molecule has 0 radical (unpaired) electrons. The van der Waals surface area contributed by atoms with Crippen LogP contribution in [0, 0.1) is 10.5 Å². The van der Waals surface area contributed by atoms with Gasteiger partial charge >= 0.3 is 0 Å². The lowest BCUT2D eigenvalue weighted by molar-refractivity contribution is 0.102. The van der Waals surface area contributed by atoms with Crippen molar-refractivity contribution >= 4 is 34.2 Å². The lowest BCUT2D eigenvalue weighted by atomic mass is 10.2. The Morgan fingerprint density at radius 3 is 2.82 bits per heavy atom. The smallest absolute Gasteiger partial charge is 0.258 e. The second-order valence-electron chi connectivity index (χ2n) is 3.82. The number of hydrogen-bond donors (Lipinski definition) is 1. The first kappa shape index (κ1) is 12.1. The molecule has 1 aromatic carbocycles. The zero-order chi connectivity index (χ0) is 12.4. The molecule has 0 aliphatic carbocycles. The fourth-order valence-electron chi connectivity index (χ4n) is 1.50. The molecular formula is C12H12IN3O. The highest BCUT2D eigenvalue weighted by atomic mass is 127. The molecule has 1 amide bonds. The van der Waals surface area contributed by atoms with E-state index in [1.807, 2.05) is 25.1 Å². The van der Waals surface area contributed by atoms with Crippen LogP contribution in [0.3, 0.4) is 0 Å². The van der Waals surface area contributed by atoms with Gasteiger partial charge in [0.25, 0.3) is 5.91 Å². The molecule has 0 aliphatic heterocycles. The largest absolute Gasteiger partial charge is 0.322 e. The van der Waals surface area contributed by atoms with E-state index in [9.17, 15) is 4.79 Å². The molecule has 1 N–H and O–H groups in total. The highest BCUT2D eigenvalue weighted by Crippen LogP contribution is 2.18. The van der Waals surface area contributed by atoms with Crippen molar-refractivity contribution < 1.29 is 4.79 Å². The molecule has 0 aliphatic rings. The van der Waals surface area contributed by atoms with Gasteiger partial charge in [0.1, 0.15) is 0 Å². The van der Waals surface area contributed by atoms with Crippen LogP contribution in [0.25, 0.3) is 0 Å². The molecule has 0 saturated carbocycles. The second kappa shape index (κ2) is 4.87. The predicted molar refractivity (Wildman–Crippen MR) is 75.1 cm³/mol. The van der Waals surface area contributed by atoms with Gasteiger partial charge in [-0.05, 0) is 53.3 Å². The minimum atomic E-state index is -0.137. The van der Waals surface area contributed by atoms with Crippen LogP contribution in [0.1, 0.15) is 15.9 Å². The highest BCUT2D eigenvalue weighted by Gasteiger charge is 2.09. The number of carbonyl (C=O) groups is 1. The lowest BCUT2D eigenvalue weighted by Crippen LogP contribution is -2.12. The van der Waals surface area contributed by atoms with E-state index in [2.05, 4.69) is 33.0 Å². The standard InChI is InChI=1S/C12H12IN3O/c1-8-5-10(13)3-4-11(8)15-12(17)9-6-14-16(2)7-9/h3-7H,1-2H3,(H,15,17). The summed E-state index contributed by atoms with van der Waals surface area (Å²) in [5.41, 5.74) is 2.44. The number of nitrogens with zero attached hydrogens (tertiary/aromatic N) is 2. The van der Waals surface area contributed by atoms with Crippen LogP contribution in [-0.4, -0.2) is 15.7 Å². The molecule has 17 heavy (non-hydrogen) atoms. The number of hydrogen-bond acceptors (Lipinski definition) is 2. The first-order valence-electron chi connectivity index (χ1n) is 5.12. The molecule has 0 atom stereocenters. The average Bonchev–Trinajstić information content (AvgIpc) is 2.69. The van der Waals surface area contributed by atoms with Crippen molar-refractivity contribution in [2.75, 3.05) is 5.32 Å². The third-order valence-electron chi connectivity index (χ3n) is 2.40. The maximum atomic E-state index is 11.9. The van der Waals surface area contributed by atoms with Crippen LogP contribution in [0.4, 0.5) is 5.69 Å². The molecule has 0 unspecified atom stereocenters. The lowest BCUT2D eigenvalue weighted by Gasteiger charge is -2.07. The SMILES string of the molecule is Cc1cc(I)ccc1NC(=O)c1cnn(C)c1. The fourth-order valence-corrected chi connectivity index (χ4v) is 2.15. The number of amides is 1. The molecule has 5 heteroatoms. The van der Waals surface area contributed by atoms with Crippen molar-refractivity contribution in [3.63, 3.8) is 0 Å². The maximum Gasteiger partial charge on any atom is 0.258 e. The molecule has 2 aromatic rings. The zero-order valence-electron chi connectivity index (χ0n) is 9.57. The van der Waals surface area contributed by atoms with Crippen LogP contribution in [0.2, 0.25) is 0 Å². The van der Waals surface area contributed by atoms with Gasteiger partial charge in [-0.15, -0.1) is 0 Å². The molecule has 1 aromatic heterocycles. The van der Waals surface area contributed by atoms with Crippen LogP contribution < -0.4 is 5.32 Å². The first-order chi connectivity index (χ1) is 8.06. The highest BCUT2D eigenvalue weighted by molar-refractivity contribution is 14.1. The zero-order valence-corrected chi connectivity index (χ0v) is 11.7. The van der Waals surface area contributed by atoms with E-state index in [0.29, 0.717) is 5.56 Å². The molecule has 0 saturated heterocycles. The summed E-state index contributed by atoms with van der Waals surface area (Å²) in [7, 11) is 1.78. The Morgan fingerprint density at radius 1 is 1.47 bits per heavy atom. The number of halogens is 1. The Morgan fingerprint density at radius 2 is 2.24 bits per heavy atom. The average molecular weight is 341 g/mol. The Kier molecular flexibility index (Phi) is 3.46. The van der Waals surface area contributed by atoms with Gasteiger partial charge in [-0.25, -0.2) is 0 Å². The molecule has 2 rings (SSSR count). The van der Waals surface area contributed by atoms with Gasteiger partial charge in [0.05, 0.1) is 11.8 Å². The van der Waals surface area contributed by atoms with E-state index in [1.54, 1.807) is 24.1 Å². The van der Waals surface area contributed by atoms with Crippen molar-refractivity contribution in [3.05, 3.63) is 45.3 Å². The molecule has 4 nitrogen and oxygen atoms in total. The van der Waals surface area contributed by atoms with Crippen LogP contribution in [-0.2, 0) is 7.05 Å². The molecule has 88 valence electrons. The van der Waals surface area contributed by atoms with E-state index in [0.717, 1.165) is 14.8 Å². The quantitative estimate of drug-likeness (QED) is 0.854. The van der Waals surface area contributed by atoms with Crippen molar-refractivity contribution in [1.82, 2.24) is 9.78 Å². The van der Waals surface area contributed by atoms with E-state index < -0.39 is 0 Å². The molecule has 0 spiro atoms. The number of rotatable bonds is 2. The van der Waals surface area contributed by atoms with Gasteiger partial charge in [-0.1, -0.05) is 0 Å². The van der Waals surface area contributed by atoms with E-state index in [1.165, 1.54) is 0 Å². The fraction of sp³-hybridized carbons (Fsp3) is 0.167. The van der Waals surface area contributed by atoms with Gasteiger partial charge in [0.2, 0.25) is 0 Å². The van der Waals surface area contributed by atoms with E-state index in [-0.39, 0.29) is 5.91 Å². The third kappa shape index (κ3) is 2.85. The van der Waals surface area contributed by atoms with Crippen molar-refractivity contribution in [1.29, 1.82) is 0 Å². The molecule has 0 bridgehead atoms. The number of anilines is 1. The third-order valence-corrected chi connectivity index (χ3v) is 3.07. The summed E-state index contributed by atoms with van der Waals surface area (Å²) in [5.74, 6) is -0.137. The summed E-state index contributed by atoms with van der Waals surface area (Å²) >= 11 is 2.24. The molecule has 1 heterocycles. The maximum absolute atomic E-state index is 11.9. The minimum absolute atomic E-state index is 0.137. The van der Waals surface area contributed by atoms with Gasteiger partial charge < -0.3 is 5.32 Å². The predicted octanol–water partition coefficient (Wildman–Crippen LogP) is 2.59. The molecular weight excluding hydrogens is 329 g/mol. The normalized spacial score (nSPS) is 10.3. The monoisotopic (exact) mass is 341 g/mol. The summed E-state index contributed by atoms with van der Waals surface area (Å²) in [5, 5.41) is 6.84. The number of nitrogens with one attached hydrogen (secondary N) is 1. The Hall–Kier alpha value is -1.37. The Labute approximate surface area is 113 Å². The van der Waals surface area contributed by atoms with Gasteiger partial charge in [0.15, 0.2) is 0 Å². The van der Waals surface area contributed by atoms with Gasteiger partial charge in [0, 0.05) is 22.5 Å². The number of aryl methyl sites for hydroxylation is 2. The summed E-state index contributed by atoms with van der Waals surface area (Å²) < 4.78 is 2.76. The number of carbonyl (C=O) groups excluding carboxylic acids is 1. The van der Waals surface area contributed by atoms with Crippen LogP contribution in [0.15, 0.2) is 30.6 Å². The van der Waals surface area contributed by atoms with Gasteiger partial charge in [-0.2, -0.15) is 5.10 Å². The van der Waals surface area contributed by atoms with E-state index >= 15 is 0 Å². The second-order valence-corrected chi connectivity index (χ2v) is 5.06. The summed E-state index contributed by atoms with van der Waals surface area (Å²) in [6.07, 6.45) is 3.24. The number of aromatic nitrogens is 2. The molecule has 0 fully saturated rings. The topological polar surface area (TPSA) is 46.9 Å². The number of benzene rings is 1. The van der Waals surface area contributed by atoms with Crippen molar-refractivity contribution in [3.8, 4) is 0 Å². The Balaban J connectivity index is 2.18. The summed E-state index contributed by atoms with van der Waals surface area (Å²) in [6.45, 7) is 1.97. The summed E-state index contributed by atoms with van der Waals surface area (Å²) in [6, 6.07) is 5.90. The van der Waals surface area contributed by atoms with Crippen LogP contribution in [0.5, 0.6) is 0 Å².